The van der Waals surface area contributed by atoms with Crippen LogP contribution < -0.4 is 0 Å². The monoisotopic (exact) mass is 470 g/mol. The number of benzene rings is 2. The van der Waals surface area contributed by atoms with Gasteiger partial charge in [0.1, 0.15) is 12.6 Å². The third kappa shape index (κ3) is 4.91. The molecular weight excluding hydrogens is 444 g/mol. The van der Waals surface area contributed by atoms with Crippen LogP contribution in [-0.4, -0.2) is 84.2 Å². The molecule has 0 unspecified atom stereocenters. The normalized spacial score (nSPS) is 19.9. The lowest BCUT2D eigenvalue weighted by Crippen LogP contribution is -2.53. The number of rotatable bonds is 6. The lowest BCUT2D eigenvalue weighted by Gasteiger charge is -2.33. The molecule has 1 atom stereocenters. The van der Waals surface area contributed by atoms with Crippen LogP contribution in [0.2, 0.25) is 0 Å². The number of hydrogen-bond donors (Lipinski definition) is 0. The van der Waals surface area contributed by atoms with E-state index in [2.05, 4.69) is 0 Å². The number of amides is 4. The Kier molecular flexibility index (Phi) is 6.48. The molecule has 0 N–H and O–H groups in total. The molecular formula is C23H26N4O5S. The van der Waals surface area contributed by atoms with E-state index < -0.39 is 28.0 Å². The molecule has 10 heteroatoms. The number of carbonyl (C=O) groups is 3. The molecule has 2 aromatic carbocycles. The van der Waals surface area contributed by atoms with Gasteiger partial charge in [-0.15, -0.1) is 0 Å². The largest absolute Gasteiger partial charge is 0.338 e. The molecule has 2 heterocycles. The van der Waals surface area contributed by atoms with Crippen LogP contribution in [0, 0.1) is 0 Å². The number of hydrogen-bond acceptors (Lipinski definition) is 5. The van der Waals surface area contributed by atoms with E-state index in [0.29, 0.717) is 5.56 Å². The number of imide groups is 1. The van der Waals surface area contributed by atoms with E-state index in [4.69, 9.17) is 0 Å². The second-order valence-electron chi connectivity index (χ2n) is 8.18. The first kappa shape index (κ1) is 22.9. The van der Waals surface area contributed by atoms with Crippen LogP contribution in [0.1, 0.15) is 17.2 Å². The van der Waals surface area contributed by atoms with E-state index in [1.54, 1.807) is 12.1 Å². The summed E-state index contributed by atoms with van der Waals surface area (Å²) in [5.74, 6) is -0.816. The lowest BCUT2D eigenvalue weighted by atomic mass is 10.1. The highest BCUT2D eigenvalue weighted by atomic mass is 32.2. The van der Waals surface area contributed by atoms with Gasteiger partial charge < -0.3 is 9.80 Å². The Balaban J connectivity index is 1.52. The first-order valence-electron chi connectivity index (χ1n) is 10.7. The summed E-state index contributed by atoms with van der Waals surface area (Å²) in [5.41, 5.74) is 1.56. The molecule has 9 nitrogen and oxygen atoms in total. The predicted molar refractivity (Wildman–Crippen MR) is 121 cm³/mol. The molecule has 174 valence electrons. The highest BCUT2D eigenvalue weighted by molar-refractivity contribution is 7.88. The zero-order valence-electron chi connectivity index (χ0n) is 18.3. The number of piperazine rings is 1. The highest BCUT2D eigenvalue weighted by Crippen LogP contribution is 2.32. The molecule has 33 heavy (non-hydrogen) atoms. The van der Waals surface area contributed by atoms with E-state index in [1.807, 2.05) is 48.5 Å². The van der Waals surface area contributed by atoms with E-state index in [1.165, 1.54) is 14.1 Å². The maximum absolute atomic E-state index is 13.3. The van der Waals surface area contributed by atoms with Crippen molar-refractivity contribution in [3.63, 3.8) is 0 Å². The van der Waals surface area contributed by atoms with Crippen molar-refractivity contribution in [2.45, 2.75) is 12.6 Å². The molecule has 4 amide bonds. The van der Waals surface area contributed by atoms with Crippen LogP contribution in [0.25, 0.3) is 0 Å². The van der Waals surface area contributed by atoms with E-state index in [0.717, 1.165) is 16.7 Å². The fraction of sp³-hybridized carbons (Fsp3) is 0.348. The molecule has 2 aliphatic rings. The first-order valence-corrected chi connectivity index (χ1v) is 12.5. The van der Waals surface area contributed by atoms with Crippen molar-refractivity contribution in [3.8, 4) is 0 Å². The number of nitrogens with zero attached hydrogens (tertiary/aromatic N) is 4. The average Bonchev–Trinajstić information content (AvgIpc) is 3.04. The van der Waals surface area contributed by atoms with Gasteiger partial charge in [0.2, 0.25) is 15.9 Å². The third-order valence-electron chi connectivity index (χ3n) is 5.95. The van der Waals surface area contributed by atoms with Crippen LogP contribution in [0.5, 0.6) is 0 Å². The molecule has 2 saturated heterocycles. The fourth-order valence-corrected chi connectivity index (χ4v) is 5.01. The van der Waals surface area contributed by atoms with Gasteiger partial charge in [0.15, 0.2) is 0 Å². The number of urea groups is 1. The quantitative estimate of drug-likeness (QED) is 0.593. The van der Waals surface area contributed by atoms with Crippen LogP contribution in [0.15, 0.2) is 60.7 Å². The molecule has 2 aliphatic heterocycles. The topological polar surface area (TPSA) is 98.3 Å². The standard InChI is InChI=1S/C23H26N4O5S/c1-33(31,32)25-14-12-24(13-15-25)20(28)17-27-22(29)21(19-10-6-3-7-11-19)26(23(27)30)16-18-8-4-2-5-9-18/h2-11,21H,12-17H2,1H3/t21-/m0/s1. The smallest absolute Gasteiger partial charge is 0.328 e. The molecule has 2 aromatic rings. The van der Waals surface area contributed by atoms with Crippen molar-refractivity contribution >= 4 is 27.9 Å². The van der Waals surface area contributed by atoms with Crippen molar-refractivity contribution in [1.29, 1.82) is 0 Å². The van der Waals surface area contributed by atoms with Crippen LogP contribution in [-0.2, 0) is 26.2 Å². The minimum Gasteiger partial charge on any atom is -0.338 e. The summed E-state index contributed by atoms with van der Waals surface area (Å²) in [4.78, 5) is 43.5. The second-order valence-corrected chi connectivity index (χ2v) is 10.2. The van der Waals surface area contributed by atoms with Crippen molar-refractivity contribution in [1.82, 2.24) is 19.0 Å². The Labute approximate surface area is 193 Å². The summed E-state index contributed by atoms with van der Waals surface area (Å²) in [6.45, 7) is 0.697. The highest BCUT2D eigenvalue weighted by Gasteiger charge is 2.46. The summed E-state index contributed by atoms with van der Waals surface area (Å²) in [6.07, 6.45) is 1.14. The van der Waals surface area contributed by atoms with E-state index in [-0.39, 0.29) is 45.2 Å². The van der Waals surface area contributed by atoms with Gasteiger partial charge in [-0.2, -0.15) is 4.31 Å². The zero-order valence-corrected chi connectivity index (χ0v) is 19.1. The van der Waals surface area contributed by atoms with Gasteiger partial charge >= 0.3 is 6.03 Å². The number of carbonyl (C=O) groups excluding carboxylic acids is 3. The van der Waals surface area contributed by atoms with Crippen molar-refractivity contribution in [2.75, 3.05) is 39.0 Å². The molecule has 0 saturated carbocycles. The van der Waals surface area contributed by atoms with Crippen LogP contribution in [0.4, 0.5) is 4.79 Å². The fourth-order valence-electron chi connectivity index (χ4n) is 4.19. The zero-order chi connectivity index (χ0) is 23.6. The number of sulfonamides is 1. The second kappa shape index (κ2) is 9.32. The molecule has 0 bridgehead atoms. The van der Waals surface area contributed by atoms with Gasteiger partial charge in [0, 0.05) is 32.7 Å². The van der Waals surface area contributed by atoms with E-state index >= 15 is 0 Å². The predicted octanol–water partition coefficient (Wildman–Crippen LogP) is 1.30. The summed E-state index contributed by atoms with van der Waals surface area (Å²) in [7, 11) is -3.32. The van der Waals surface area contributed by atoms with Gasteiger partial charge in [-0.05, 0) is 11.1 Å². The average molecular weight is 471 g/mol. The molecule has 4 rings (SSSR count). The third-order valence-corrected chi connectivity index (χ3v) is 7.26. The van der Waals surface area contributed by atoms with E-state index in [9.17, 15) is 22.8 Å². The molecule has 0 spiro atoms. The Morgan fingerprint density at radius 1 is 0.909 bits per heavy atom. The summed E-state index contributed by atoms with van der Waals surface area (Å²) in [6, 6.07) is 17.1. The van der Waals surface area contributed by atoms with Gasteiger partial charge in [0.25, 0.3) is 5.91 Å². The van der Waals surface area contributed by atoms with Gasteiger partial charge in [-0.3, -0.25) is 14.5 Å². The summed E-state index contributed by atoms with van der Waals surface area (Å²) < 4.78 is 24.7. The maximum Gasteiger partial charge on any atom is 0.328 e. The Bertz CT molecular complexity index is 1130. The van der Waals surface area contributed by atoms with Gasteiger partial charge in [0.05, 0.1) is 6.26 Å². The minimum atomic E-state index is -3.32. The summed E-state index contributed by atoms with van der Waals surface area (Å²) in [5, 5.41) is 0. The Morgan fingerprint density at radius 3 is 2.06 bits per heavy atom. The SMILES string of the molecule is CS(=O)(=O)N1CCN(C(=O)CN2C(=O)[C@H](c3ccccc3)N(Cc3ccccc3)C2=O)CC1. The maximum atomic E-state index is 13.3. The first-order chi connectivity index (χ1) is 15.8. The minimum absolute atomic E-state index is 0.194. The van der Waals surface area contributed by atoms with Crippen molar-refractivity contribution in [3.05, 3.63) is 71.8 Å². The van der Waals surface area contributed by atoms with Crippen molar-refractivity contribution in [2.24, 2.45) is 0 Å². The Hall–Kier alpha value is -3.24. The van der Waals surface area contributed by atoms with Gasteiger partial charge in [-0.1, -0.05) is 60.7 Å². The van der Waals surface area contributed by atoms with Gasteiger partial charge in [-0.25, -0.2) is 13.2 Å². The van der Waals surface area contributed by atoms with Crippen LogP contribution in [0.3, 0.4) is 0 Å². The van der Waals surface area contributed by atoms with Crippen molar-refractivity contribution < 1.29 is 22.8 Å². The molecule has 0 aliphatic carbocycles. The van der Waals surface area contributed by atoms with Crippen LogP contribution >= 0.6 is 0 Å². The Morgan fingerprint density at radius 2 is 1.48 bits per heavy atom. The molecule has 0 aromatic heterocycles. The summed E-state index contributed by atoms with van der Waals surface area (Å²) >= 11 is 0. The molecule has 0 radical (unpaired) electrons. The molecule has 2 fully saturated rings. The lowest BCUT2D eigenvalue weighted by molar-refractivity contribution is -0.138.